The molecule has 0 radical (unpaired) electrons. The summed E-state index contributed by atoms with van der Waals surface area (Å²) in [4.78, 5) is 0. The highest BCUT2D eigenvalue weighted by molar-refractivity contribution is 5.66. The number of H-pyrrole nitrogens is 1. The van der Waals surface area contributed by atoms with E-state index in [4.69, 9.17) is 9.47 Å². The minimum atomic E-state index is 0.540. The molecule has 0 atom stereocenters. The van der Waals surface area contributed by atoms with Gasteiger partial charge in [0, 0.05) is 11.1 Å². The molecule has 2 aromatic rings. The number of rotatable bonds is 3. The third kappa shape index (κ3) is 1.58. The van der Waals surface area contributed by atoms with Crippen molar-refractivity contribution in [1.82, 2.24) is 20.6 Å². The molecule has 6 nitrogen and oxygen atoms in total. The lowest BCUT2D eigenvalue weighted by Gasteiger charge is -2.12. The van der Waals surface area contributed by atoms with Crippen molar-refractivity contribution in [3.63, 3.8) is 0 Å². The Bertz CT molecular complexity index is 482. The van der Waals surface area contributed by atoms with E-state index >= 15 is 0 Å². The minimum Gasteiger partial charge on any atom is -0.493 e. The second-order valence-electron chi connectivity index (χ2n) is 3.21. The van der Waals surface area contributed by atoms with Gasteiger partial charge in [0.2, 0.25) is 5.82 Å². The van der Waals surface area contributed by atoms with Gasteiger partial charge in [-0.05, 0) is 24.3 Å². The second-order valence-corrected chi connectivity index (χ2v) is 3.21. The number of aromatic nitrogens is 4. The van der Waals surface area contributed by atoms with Crippen molar-refractivity contribution in [2.75, 3.05) is 14.2 Å². The maximum Gasteiger partial charge on any atom is 0.205 e. The third-order valence-corrected chi connectivity index (χ3v) is 2.38. The number of nitrogens with zero attached hydrogens (tertiary/aromatic N) is 3. The molecule has 1 heterocycles. The smallest absolute Gasteiger partial charge is 0.205 e. The van der Waals surface area contributed by atoms with E-state index in [9.17, 15) is 0 Å². The molecular weight excluding hydrogens is 208 g/mol. The number of hydrogen-bond acceptors (Lipinski definition) is 5. The molecule has 0 aliphatic carbocycles. The van der Waals surface area contributed by atoms with Gasteiger partial charge in [-0.25, -0.2) is 0 Å². The van der Waals surface area contributed by atoms with Crippen LogP contribution in [0.1, 0.15) is 5.56 Å². The second kappa shape index (κ2) is 4.18. The summed E-state index contributed by atoms with van der Waals surface area (Å²) in [6.07, 6.45) is 0. The average molecular weight is 220 g/mol. The van der Waals surface area contributed by atoms with Gasteiger partial charge >= 0.3 is 0 Å². The van der Waals surface area contributed by atoms with Gasteiger partial charge in [0.1, 0.15) is 0 Å². The van der Waals surface area contributed by atoms with Crippen LogP contribution < -0.4 is 9.47 Å². The largest absolute Gasteiger partial charge is 0.493 e. The molecule has 0 aliphatic heterocycles. The summed E-state index contributed by atoms with van der Waals surface area (Å²) >= 11 is 0. The number of nitrogens with one attached hydrogen (secondary N) is 1. The molecule has 0 unspecified atom stereocenters. The Kier molecular flexibility index (Phi) is 2.72. The fourth-order valence-corrected chi connectivity index (χ4v) is 1.60. The molecule has 84 valence electrons. The van der Waals surface area contributed by atoms with Crippen molar-refractivity contribution >= 4 is 0 Å². The maximum absolute atomic E-state index is 5.29. The van der Waals surface area contributed by atoms with E-state index < -0.39 is 0 Å². The lowest BCUT2D eigenvalue weighted by atomic mass is 10.1. The molecule has 0 saturated carbocycles. The van der Waals surface area contributed by atoms with E-state index in [1.54, 1.807) is 14.2 Å². The fourth-order valence-electron chi connectivity index (χ4n) is 1.60. The quantitative estimate of drug-likeness (QED) is 0.841. The lowest BCUT2D eigenvalue weighted by Crippen LogP contribution is -1.96. The molecule has 16 heavy (non-hydrogen) atoms. The highest BCUT2D eigenvalue weighted by atomic mass is 16.5. The normalized spacial score (nSPS) is 10.2. The third-order valence-electron chi connectivity index (χ3n) is 2.38. The van der Waals surface area contributed by atoms with Crippen LogP contribution >= 0.6 is 0 Å². The van der Waals surface area contributed by atoms with Gasteiger partial charge in [0.25, 0.3) is 0 Å². The average Bonchev–Trinajstić information content (AvgIpc) is 2.81. The number of tetrazole rings is 1. The van der Waals surface area contributed by atoms with Crippen LogP contribution in [0, 0.1) is 6.92 Å². The van der Waals surface area contributed by atoms with E-state index in [1.807, 2.05) is 19.1 Å². The molecular formula is C10H12N4O2. The summed E-state index contributed by atoms with van der Waals surface area (Å²) in [5.41, 5.74) is 1.79. The Morgan fingerprint density at radius 2 is 2.00 bits per heavy atom. The number of benzene rings is 1. The lowest BCUT2D eigenvalue weighted by molar-refractivity contribution is 0.353. The van der Waals surface area contributed by atoms with E-state index in [0.717, 1.165) is 11.1 Å². The highest BCUT2D eigenvalue weighted by Gasteiger charge is 2.14. The summed E-state index contributed by atoms with van der Waals surface area (Å²) in [5, 5.41) is 13.8. The standard InChI is InChI=1S/C10H12N4O2/c1-6-7(10-11-13-14-12-10)4-5-8(15-2)9(6)16-3/h4-5H,1-3H3,(H,11,12,13,14). The summed E-state index contributed by atoms with van der Waals surface area (Å²) in [6.45, 7) is 1.92. The van der Waals surface area contributed by atoms with Crippen LogP contribution in [-0.4, -0.2) is 34.8 Å². The van der Waals surface area contributed by atoms with Gasteiger partial charge in [-0.3, -0.25) is 0 Å². The maximum atomic E-state index is 5.29. The summed E-state index contributed by atoms with van der Waals surface area (Å²) < 4.78 is 10.5. The van der Waals surface area contributed by atoms with Gasteiger partial charge in [-0.1, -0.05) is 0 Å². The number of aromatic amines is 1. The SMILES string of the molecule is COc1ccc(-c2nn[nH]n2)c(C)c1OC. The topological polar surface area (TPSA) is 72.9 Å². The van der Waals surface area contributed by atoms with Gasteiger partial charge in [0.15, 0.2) is 11.5 Å². The minimum absolute atomic E-state index is 0.540. The molecule has 1 N–H and O–H groups in total. The van der Waals surface area contributed by atoms with E-state index in [1.165, 1.54) is 0 Å². The Morgan fingerprint density at radius 1 is 1.19 bits per heavy atom. The van der Waals surface area contributed by atoms with Gasteiger partial charge in [-0.15, -0.1) is 10.2 Å². The first kappa shape index (κ1) is 10.4. The van der Waals surface area contributed by atoms with E-state index in [-0.39, 0.29) is 0 Å². The first-order valence-electron chi connectivity index (χ1n) is 4.73. The number of hydrogen-bond donors (Lipinski definition) is 1. The molecule has 0 fully saturated rings. The van der Waals surface area contributed by atoms with Crippen LogP contribution in [0.3, 0.4) is 0 Å². The van der Waals surface area contributed by atoms with E-state index in [2.05, 4.69) is 20.6 Å². The molecule has 0 aliphatic rings. The zero-order valence-corrected chi connectivity index (χ0v) is 9.31. The monoisotopic (exact) mass is 220 g/mol. The molecule has 1 aromatic heterocycles. The fraction of sp³-hybridized carbons (Fsp3) is 0.300. The molecule has 1 aromatic carbocycles. The zero-order valence-electron chi connectivity index (χ0n) is 9.31. The number of methoxy groups -OCH3 is 2. The first-order chi connectivity index (χ1) is 7.77. The van der Waals surface area contributed by atoms with Crippen molar-refractivity contribution in [2.45, 2.75) is 6.92 Å². The Hall–Kier alpha value is -2.11. The van der Waals surface area contributed by atoms with Gasteiger partial charge < -0.3 is 9.47 Å². The predicted octanol–water partition coefficient (Wildman–Crippen LogP) is 1.19. The molecule has 0 saturated heterocycles. The molecule has 0 spiro atoms. The van der Waals surface area contributed by atoms with Crippen molar-refractivity contribution in [3.05, 3.63) is 17.7 Å². The van der Waals surface area contributed by atoms with Crippen LogP contribution in [0.4, 0.5) is 0 Å². The van der Waals surface area contributed by atoms with Crippen LogP contribution in [0.25, 0.3) is 11.4 Å². The van der Waals surface area contributed by atoms with E-state index in [0.29, 0.717) is 17.3 Å². The highest BCUT2D eigenvalue weighted by Crippen LogP contribution is 2.35. The summed E-state index contributed by atoms with van der Waals surface area (Å²) in [7, 11) is 3.20. The van der Waals surface area contributed by atoms with Crippen LogP contribution in [0.5, 0.6) is 11.5 Å². The predicted molar refractivity (Wildman–Crippen MR) is 57.5 cm³/mol. The van der Waals surface area contributed by atoms with Gasteiger partial charge in [0.05, 0.1) is 14.2 Å². The van der Waals surface area contributed by atoms with Gasteiger partial charge in [-0.2, -0.15) is 5.21 Å². The van der Waals surface area contributed by atoms with Crippen LogP contribution in [-0.2, 0) is 0 Å². The molecule has 6 heteroatoms. The molecule has 0 amide bonds. The Morgan fingerprint density at radius 3 is 2.56 bits per heavy atom. The zero-order chi connectivity index (χ0) is 11.5. The van der Waals surface area contributed by atoms with Crippen molar-refractivity contribution < 1.29 is 9.47 Å². The Balaban J connectivity index is 2.57. The number of ether oxygens (including phenoxy) is 2. The summed E-state index contributed by atoms with van der Waals surface area (Å²) in [5.74, 6) is 1.91. The van der Waals surface area contributed by atoms with Crippen molar-refractivity contribution in [1.29, 1.82) is 0 Å². The first-order valence-corrected chi connectivity index (χ1v) is 4.73. The summed E-state index contributed by atoms with van der Waals surface area (Å²) in [6, 6.07) is 3.69. The van der Waals surface area contributed by atoms with Crippen LogP contribution in [0.2, 0.25) is 0 Å². The van der Waals surface area contributed by atoms with Crippen molar-refractivity contribution in [3.8, 4) is 22.9 Å². The van der Waals surface area contributed by atoms with Crippen LogP contribution in [0.15, 0.2) is 12.1 Å². The Labute approximate surface area is 92.6 Å². The van der Waals surface area contributed by atoms with Crippen molar-refractivity contribution in [2.24, 2.45) is 0 Å². The molecule has 2 rings (SSSR count). The molecule has 0 bridgehead atoms.